The molecule has 1 aliphatic heterocycles. The molecule has 0 spiro atoms. The first-order valence-corrected chi connectivity index (χ1v) is 6.82. The van der Waals surface area contributed by atoms with Crippen molar-refractivity contribution in [1.29, 1.82) is 0 Å². The van der Waals surface area contributed by atoms with Crippen molar-refractivity contribution in [2.24, 2.45) is 5.92 Å². The molecule has 1 N–H and O–H groups in total. The van der Waals surface area contributed by atoms with Crippen LogP contribution in [0.5, 0.6) is 0 Å². The van der Waals surface area contributed by atoms with E-state index in [0.717, 1.165) is 12.0 Å². The van der Waals surface area contributed by atoms with E-state index in [0.29, 0.717) is 6.04 Å². The number of hydrogen-bond acceptors (Lipinski definition) is 2. The van der Waals surface area contributed by atoms with Crippen LogP contribution in [0, 0.1) is 5.92 Å². The third-order valence-electron chi connectivity index (χ3n) is 5.10. The average molecular weight is 247 g/mol. The Morgan fingerprint density at radius 1 is 1.17 bits per heavy atom. The molecule has 0 amide bonds. The summed E-state index contributed by atoms with van der Waals surface area (Å²) in [7, 11) is 2.12. The fourth-order valence-electron chi connectivity index (χ4n) is 3.59. The molecule has 0 bridgehead atoms. The summed E-state index contributed by atoms with van der Waals surface area (Å²) < 4.78 is 0. The number of likely N-dealkylation sites (N-methyl/N-ethyl adjacent to an activating group) is 1. The molecular formula is C16H25NO. The zero-order chi connectivity index (χ0) is 13.6. The standard InChI is InChI=1S/C16H25NO/c1-12-11-13(2)17(5)15(3,4)16(12,18)14-9-7-6-8-10-14/h6-10,12-13,18H,11H2,1-5H3/t12-,13-,16-/m1/s1. The van der Waals surface area contributed by atoms with Crippen LogP contribution < -0.4 is 0 Å². The van der Waals surface area contributed by atoms with Crippen LogP contribution in [0.2, 0.25) is 0 Å². The lowest BCUT2D eigenvalue weighted by Crippen LogP contribution is -2.66. The second kappa shape index (κ2) is 4.36. The molecule has 100 valence electrons. The summed E-state index contributed by atoms with van der Waals surface area (Å²) in [5.74, 6) is 0.251. The fraction of sp³-hybridized carbons (Fsp3) is 0.625. The van der Waals surface area contributed by atoms with Gasteiger partial charge in [0.2, 0.25) is 0 Å². The van der Waals surface area contributed by atoms with Gasteiger partial charge >= 0.3 is 0 Å². The van der Waals surface area contributed by atoms with Gasteiger partial charge in [-0.3, -0.25) is 4.90 Å². The van der Waals surface area contributed by atoms with Gasteiger partial charge in [-0.05, 0) is 45.7 Å². The van der Waals surface area contributed by atoms with Crippen molar-refractivity contribution in [2.75, 3.05) is 7.05 Å². The second-order valence-corrected chi connectivity index (χ2v) is 6.29. The number of piperidine rings is 1. The van der Waals surface area contributed by atoms with E-state index in [-0.39, 0.29) is 11.5 Å². The van der Waals surface area contributed by atoms with Crippen molar-refractivity contribution in [3.05, 3.63) is 35.9 Å². The Kier molecular flexibility index (Phi) is 3.28. The largest absolute Gasteiger partial charge is 0.383 e. The van der Waals surface area contributed by atoms with Crippen molar-refractivity contribution >= 4 is 0 Å². The molecule has 0 unspecified atom stereocenters. The Morgan fingerprint density at radius 2 is 1.72 bits per heavy atom. The number of benzene rings is 1. The van der Waals surface area contributed by atoms with Gasteiger partial charge in [0.05, 0.1) is 0 Å². The number of hydrogen-bond donors (Lipinski definition) is 1. The number of nitrogens with zero attached hydrogens (tertiary/aromatic N) is 1. The molecule has 0 saturated carbocycles. The Hall–Kier alpha value is -0.860. The van der Waals surface area contributed by atoms with E-state index < -0.39 is 5.60 Å². The van der Waals surface area contributed by atoms with Crippen LogP contribution >= 0.6 is 0 Å². The van der Waals surface area contributed by atoms with E-state index in [1.54, 1.807) is 0 Å². The minimum atomic E-state index is -0.796. The zero-order valence-corrected chi connectivity index (χ0v) is 12.1. The highest BCUT2D eigenvalue weighted by atomic mass is 16.3. The number of rotatable bonds is 1. The summed E-state index contributed by atoms with van der Waals surface area (Å²) in [5.41, 5.74) is -0.0396. The van der Waals surface area contributed by atoms with Gasteiger partial charge < -0.3 is 5.11 Å². The summed E-state index contributed by atoms with van der Waals surface area (Å²) in [4.78, 5) is 2.31. The van der Waals surface area contributed by atoms with Gasteiger partial charge in [-0.15, -0.1) is 0 Å². The maximum absolute atomic E-state index is 11.4. The molecule has 0 aliphatic carbocycles. The topological polar surface area (TPSA) is 23.5 Å². The van der Waals surface area contributed by atoms with Gasteiger partial charge in [0.15, 0.2) is 0 Å². The van der Waals surface area contributed by atoms with Gasteiger partial charge in [0, 0.05) is 11.6 Å². The van der Waals surface area contributed by atoms with Crippen molar-refractivity contribution in [2.45, 2.75) is 51.3 Å². The lowest BCUT2D eigenvalue weighted by Gasteiger charge is -2.58. The van der Waals surface area contributed by atoms with Crippen molar-refractivity contribution in [1.82, 2.24) is 4.90 Å². The number of aliphatic hydroxyl groups is 1. The molecule has 0 radical (unpaired) electrons. The predicted octanol–water partition coefficient (Wildman–Crippen LogP) is 3.01. The van der Waals surface area contributed by atoms with Gasteiger partial charge in [-0.25, -0.2) is 0 Å². The summed E-state index contributed by atoms with van der Waals surface area (Å²) in [6.07, 6.45) is 1.02. The maximum Gasteiger partial charge on any atom is 0.110 e. The highest BCUT2D eigenvalue weighted by molar-refractivity contribution is 5.29. The molecule has 2 nitrogen and oxygen atoms in total. The summed E-state index contributed by atoms with van der Waals surface area (Å²) >= 11 is 0. The Labute approximate surface area is 111 Å². The van der Waals surface area contributed by atoms with Crippen molar-refractivity contribution in [3.63, 3.8) is 0 Å². The van der Waals surface area contributed by atoms with Gasteiger partial charge in [-0.1, -0.05) is 37.3 Å². The first-order valence-electron chi connectivity index (χ1n) is 6.82. The highest BCUT2D eigenvalue weighted by Crippen LogP contribution is 2.48. The Balaban J connectivity index is 2.53. The van der Waals surface area contributed by atoms with Crippen LogP contribution in [-0.4, -0.2) is 28.6 Å². The molecule has 2 heteroatoms. The van der Waals surface area contributed by atoms with Crippen LogP contribution in [0.1, 0.15) is 39.7 Å². The second-order valence-electron chi connectivity index (χ2n) is 6.29. The van der Waals surface area contributed by atoms with Crippen LogP contribution in [0.25, 0.3) is 0 Å². The van der Waals surface area contributed by atoms with Crippen molar-refractivity contribution < 1.29 is 5.11 Å². The molecule has 1 aromatic carbocycles. The van der Waals surface area contributed by atoms with E-state index in [1.807, 2.05) is 30.3 Å². The van der Waals surface area contributed by atoms with E-state index in [1.165, 1.54) is 0 Å². The Morgan fingerprint density at radius 3 is 2.28 bits per heavy atom. The monoisotopic (exact) mass is 247 g/mol. The van der Waals surface area contributed by atoms with E-state index in [2.05, 4.69) is 39.6 Å². The number of likely N-dealkylation sites (tertiary alicyclic amines) is 1. The molecule has 2 rings (SSSR count). The quantitative estimate of drug-likeness (QED) is 0.824. The molecule has 1 saturated heterocycles. The molecule has 1 heterocycles. The molecule has 0 aromatic heterocycles. The van der Waals surface area contributed by atoms with Crippen LogP contribution in [0.15, 0.2) is 30.3 Å². The molecule has 18 heavy (non-hydrogen) atoms. The first kappa shape index (κ1) is 13.6. The van der Waals surface area contributed by atoms with Crippen LogP contribution in [-0.2, 0) is 5.60 Å². The lowest BCUT2D eigenvalue weighted by molar-refractivity contribution is -0.175. The SMILES string of the molecule is C[C@@H]1C[C@@H](C)[C@@](O)(c2ccccc2)C(C)(C)N1C. The maximum atomic E-state index is 11.4. The normalized spacial score (nSPS) is 36.6. The summed E-state index contributed by atoms with van der Waals surface area (Å²) in [6.45, 7) is 8.69. The highest BCUT2D eigenvalue weighted by Gasteiger charge is 2.55. The third kappa shape index (κ3) is 1.70. The zero-order valence-electron chi connectivity index (χ0n) is 12.1. The van der Waals surface area contributed by atoms with Gasteiger partial charge in [-0.2, -0.15) is 0 Å². The average Bonchev–Trinajstić information content (AvgIpc) is 2.35. The summed E-state index contributed by atoms with van der Waals surface area (Å²) in [5, 5.41) is 11.4. The predicted molar refractivity (Wildman–Crippen MR) is 75.4 cm³/mol. The minimum absolute atomic E-state index is 0.251. The fourth-order valence-corrected chi connectivity index (χ4v) is 3.59. The van der Waals surface area contributed by atoms with Gasteiger partial charge in [0.25, 0.3) is 0 Å². The lowest BCUT2D eigenvalue weighted by atomic mass is 9.64. The van der Waals surface area contributed by atoms with E-state index >= 15 is 0 Å². The molecule has 1 aromatic rings. The Bertz CT molecular complexity index is 414. The third-order valence-corrected chi connectivity index (χ3v) is 5.10. The van der Waals surface area contributed by atoms with Crippen molar-refractivity contribution in [3.8, 4) is 0 Å². The minimum Gasteiger partial charge on any atom is -0.383 e. The van der Waals surface area contributed by atoms with E-state index in [4.69, 9.17) is 0 Å². The first-order chi connectivity index (χ1) is 8.31. The summed E-state index contributed by atoms with van der Waals surface area (Å²) in [6, 6.07) is 10.6. The molecule has 3 atom stereocenters. The smallest absolute Gasteiger partial charge is 0.110 e. The van der Waals surface area contributed by atoms with Crippen LogP contribution in [0.3, 0.4) is 0 Å². The van der Waals surface area contributed by atoms with Crippen LogP contribution in [0.4, 0.5) is 0 Å². The molecular weight excluding hydrogens is 222 g/mol. The molecule has 1 aliphatic rings. The van der Waals surface area contributed by atoms with E-state index in [9.17, 15) is 5.11 Å². The molecule has 1 fully saturated rings. The van der Waals surface area contributed by atoms with Gasteiger partial charge in [0.1, 0.15) is 5.60 Å².